The Morgan fingerprint density at radius 1 is 1.00 bits per heavy atom. The van der Waals surface area contributed by atoms with Crippen molar-refractivity contribution >= 4 is 46.2 Å². The van der Waals surface area contributed by atoms with Crippen LogP contribution < -0.4 is 19.6 Å². The molecular weight excluding hydrogens is 548 g/mol. The minimum Gasteiger partial charge on any atom is -0.490 e. The van der Waals surface area contributed by atoms with Crippen LogP contribution in [0.25, 0.3) is 17.0 Å². The highest BCUT2D eigenvalue weighted by molar-refractivity contribution is 6.42. The monoisotopic (exact) mass is 564 g/mol. The van der Waals surface area contributed by atoms with Crippen LogP contribution in [0.15, 0.2) is 76.0 Å². The molecule has 0 atom stereocenters. The van der Waals surface area contributed by atoms with Crippen molar-refractivity contribution in [3.05, 3.63) is 98.3 Å². The predicted octanol–water partition coefficient (Wildman–Crippen LogP) is 7.93. The molecule has 0 aliphatic heterocycles. The molecule has 1 heterocycles. The molecule has 0 aliphatic carbocycles. The molecule has 0 saturated carbocycles. The molecule has 0 saturated heterocycles. The van der Waals surface area contributed by atoms with Gasteiger partial charge in [0.1, 0.15) is 11.3 Å². The molecule has 0 spiro atoms. The second-order valence-corrected chi connectivity index (χ2v) is 8.47. The fourth-order valence-electron chi connectivity index (χ4n) is 3.35. The van der Waals surface area contributed by atoms with E-state index in [-0.39, 0.29) is 34.3 Å². The Labute approximate surface area is 223 Å². The molecule has 1 aromatic heterocycles. The SMILES string of the molecule is CCOc1ccccc1Oc1c(C(F)(F)F)oc2cc(OC(=O)C=Cc3ccc(Cl)c(Cl)c3)ccc2c1=O. The first kappa shape index (κ1) is 27.1. The van der Waals surface area contributed by atoms with Crippen molar-refractivity contribution in [1.29, 1.82) is 0 Å². The van der Waals surface area contributed by atoms with Crippen LogP contribution in [0, 0.1) is 0 Å². The van der Waals surface area contributed by atoms with Crippen molar-refractivity contribution in [2.75, 3.05) is 6.61 Å². The number of halogens is 5. The number of fused-ring (bicyclic) bond motifs is 1. The van der Waals surface area contributed by atoms with Crippen LogP contribution in [-0.2, 0) is 11.0 Å². The van der Waals surface area contributed by atoms with Gasteiger partial charge in [-0.25, -0.2) is 4.79 Å². The van der Waals surface area contributed by atoms with Crippen LogP contribution in [0.2, 0.25) is 10.0 Å². The average Bonchev–Trinajstić information content (AvgIpc) is 2.87. The molecule has 4 aromatic rings. The third kappa shape index (κ3) is 6.12. The zero-order valence-electron chi connectivity index (χ0n) is 19.5. The molecule has 0 N–H and O–H groups in total. The van der Waals surface area contributed by atoms with E-state index in [0.717, 1.165) is 12.1 Å². The van der Waals surface area contributed by atoms with Crippen LogP contribution in [0.1, 0.15) is 18.2 Å². The molecule has 11 heteroatoms. The summed E-state index contributed by atoms with van der Waals surface area (Å²) in [5.41, 5.74) is -0.956. The quantitative estimate of drug-likeness (QED) is 0.129. The highest BCUT2D eigenvalue weighted by atomic mass is 35.5. The summed E-state index contributed by atoms with van der Waals surface area (Å²) in [6.07, 6.45) is -2.57. The first-order chi connectivity index (χ1) is 18.1. The maximum absolute atomic E-state index is 13.9. The van der Waals surface area contributed by atoms with Crippen molar-refractivity contribution in [2.24, 2.45) is 0 Å². The average molecular weight is 565 g/mol. The summed E-state index contributed by atoms with van der Waals surface area (Å²) in [6.45, 7) is 1.92. The number of alkyl halides is 3. The minimum atomic E-state index is -5.07. The van der Waals surface area contributed by atoms with Gasteiger partial charge < -0.3 is 18.6 Å². The van der Waals surface area contributed by atoms with Gasteiger partial charge in [0.25, 0.3) is 5.76 Å². The lowest BCUT2D eigenvalue weighted by atomic mass is 10.2. The van der Waals surface area contributed by atoms with Gasteiger partial charge in [0.15, 0.2) is 11.5 Å². The first-order valence-electron chi connectivity index (χ1n) is 11.0. The zero-order chi connectivity index (χ0) is 27.4. The summed E-state index contributed by atoms with van der Waals surface area (Å²) < 4.78 is 62.6. The number of ether oxygens (including phenoxy) is 3. The highest BCUT2D eigenvalue weighted by Crippen LogP contribution is 2.40. The van der Waals surface area contributed by atoms with Crippen LogP contribution in [0.5, 0.6) is 23.0 Å². The molecule has 0 bridgehead atoms. The van der Waals surface area contributed by atoms with Gasteiger partial charge in [-0.05, 0) is 55.0 Å². The molecule has 0 fully saturated rings. The zero-order valence-corrected chi connectivity index (χ0v) is 21.0. The Morgan fingerprint density at radius 3 is 2.42 bits per heavy atom. The van der Waals surface area contributed by atoms with Crippen LogP contribution >= 0.6 is 23.2 Å². The number of carbonyl (C=O) groups excluding carboxylic acids is 1. The number of rotatable bonds is 7. The van der Waals surface area contributed by atoms with E-state index in [4.69, 9.17) is 41.8 Å². The molecule has 0 amide bonds. The van der Waals surface area contributed by atoms with E-state index in [1.54, 1.807) is 25.1 Å². The molecule has 0 unspecified atom stereocenters. The van der Waals surface area contributed by atoms with Gasteiger partial charge in [-0.2, -0.15) is 13.2 Å². The predicted molar refractivity (Wildman–Crippen MR) is 136 cm³/mol. The third-order valence-corrected chi connectivity index (χ3v) is 5.75. The number of hydrogen-bond donors (Lipinski definition) is 0. The number of carbonyl (C=O) groups is 1. The number of benzene rings is 3. The van der Waals surface area contributed by atoms with E-state index >= 15 is 0 Å². The summed E-state index contributed by atoms with van der Waals surface area (Å²) in [7, 11) is 0. The summed E-state index contributed by atoms with van der Waals surface area (Å²) in [5.74, 6) is -3.62. The summed E-state index contributed by atoms with van der Waals surface area (Å²) in [6, 6.07) is 14.1. The Balaban J connectivity index is 1.66. The third-order valence-electron chi connectivity index (χ3n) is 5.01. The largest absolute Gasteiger partial charge is 0.490 e. The maximum Gasteiger partial charge on any atom is 0.453 e. The van der Waals surface area contributed by atoms with Crippen LogP contribution in [0.3, 0.4) is 0 Å². The second-order valence-electron chi connectivity index (χ2n) is 7.65. The van der Waals surface area contributed by atoms with Gasteiger partial charge in [0.2, 0.25) is 11.2 Å². The molecular formula is C27H17Cl2F3O6. The topological polar surface area (TPSA) is 75.0 Å². The van der Waals surface area contributed by atoms with Gasteiger partial charge in [-0.15, -0.1) is 0 Å². The van der Waals surface area contributed by atoms with E-state index in [1.807, 2.05) is 0 Å². The Kier molecular flexibility index (Phi) is 7.99. The second kappa shape index (κ2) is 11.2. The van der Waals surface area contributed by atoms with Gasteiger partial charge >= 0.3 is 12.1 Å². The Hall–Kier alpha value is -3.95. The molecule has 0 aliphatic rings. The van der Waals surface area contributed by atoms with E-state index < -0.39 is 34.7 Å². The van der Waals surface area contributed by atoms with E-state index in [0.29, 0.717) is 10.6 Å². The summed E-state index contributed by atoms with van der Waals surface area (Å²) in [4.78, 5) is 25.3. The van der Waals surface area contributed by atoms with Gasteiger partial charge in [0, 0.05) is 12.1 Å². The standard InChI is InChI=1S/C27H17Cl2F3O6/c1-2-35-20-5-3-4-6-21(20)37-25-24(34)17-10-9-16(14-22(17)38-26(25)27(30,31)32)36-23(33)12-8-15-7-11-18(28)19(29)13-15/h3-14H,2H2,1H3. The van der Waals surface area contributed by atoms with Crippen molar-refractivity contribution in [3.63, 3.8) is 0 Å². The van der Waals surface area contributed by atoms with E-state index in [9.17, 15) is 22.8 Å². The molecule has 196 valence electrons. The number of hydrogen-bond acceptors (Lipinski definition) is 6. The van der Waals surface area contributed by atoms with Crippen molar-refractivity contribution in [1.82, 2.24) is 0 Å². The summed E-state index contributed by atoms with van der Waals surface area (Å²) in [5, 5.41) is 0.416. The lowest BCUT2D eigenvalue weighted by Crippen LogP contribution is -2.16. The van der Waals surface area contributed by atoms with Crippen molar-refractivity contribution < 1.29 is 36.6 Å². The number of esters is 1. The van der Waals surface area contributed by atoms with E-state index in [2.05, 4.69) is 0 Å². The van der Waals surface area contributed by atoms with E-state index in [1.165, 1.54) is 42.5 Å². The van der Waals surface area contributed by atoms with Crippen LogP contribution in [-0.4, -0.2) is 12.6 Å². The molecule has 4 rings (SSSR count). The van der Waals surface area contributed by atoms with Gasteiger partial charge in [-0.3, -0.25) is 4.79 Å². The maximum atomic E-state index is 13.9. The summed E-state index contributed by atoms with van der Waals surface area (Å²) >= 11 is 11.8. The van der Waals surface area contributed by atoms with Crippen molar-refractivity contribution in [2.45, 2.75) is 13.1 Å². The molecule has 0 radical (unpaired) electrons. The van der Waals surface area contributed by atoms with Gasteiger partial charge in [-0.1, -0.05) is 41.4 Å². The van der Waals surface area contributed by atoms with Gasteiger partial charge in [0.05, 0.1) is 22.0 Å². The lowest BCUT2D eigenvalue weighted by Gasteiger charge is -2.15. The highest BCUT2D eigenvalue weighted by Gasteiger charge is 2.40. The fraction of sp³-hybridized carbons (Fsp3) is 0.111. The Bertz CT molecular complexity index is 1590. The smallest absolute Gasteiger partial charge is 0.453 e. The molecule has 3 aromatic carbocycles. The lowest BCUT2D eigenvalue weighted by molar-refractivity contribution is -0.154. The molecule has 6 nitrogen and oxygen atoms in total. The first-order valence-corrected chi connectivity index (χ1v) is 11.7. The molecule has 38 heavy (non-hydrogen) atoms. The Morgan fingerprint density at radius 2 is 1.74 bits per heavy atom. The normalized spacial score (nSPS) is 11.6. The minimum absolute atomic E-state index is 0.0918. The number of para-hydroxylation sites is 2. The van der Waals surface area contributed by atoms with Crippen molar-refractivity contribution in [3.8, 4) is 23.0 Å². The fourth-order valence-corrected chi connectivity index (χ4v) is 3.66. The van der Waals surface area contributed by atoms with Crippen LogP contribution in [0.4, 0.5) is 13.2 Å².